The number of amides is 3. The number of nitrogens with zero attached hydrogens (tertiary/aromatic N) is 3. The first-order valence-corrected chi connectivity index (χ1v) is 11.5. The fraction of sp³-hybridized carbons (Fsp3) is 0.107. The lowest BCUT2D eigenvalue weighted by Crippen LogP contribution is -2.30. The van der Waals surface area contributed by atoms with Gasteiger partial charge in [-0.05, 0) is 55.0 Å². The lowest BCUT2D eigenvalue weighted by atomic mass is 10.1. The Balaban J connectivity index is 1.58. The van der Waals surface area contributed by atoms with Crippen molar-refractivity contribution >= 4 is 18.0 Å². The number of methoxy groups -OCH3 is 1. The zero-order valence-corrected chi connectivity index (χ0v) is 20.1. The number of rotatable bonds is 6. The molecule has 2 N–H and O–H groups in total. The quantitative estimate of drug-likeness (QED) is 0.294. The average molecular weight is 499 g/mol. The number of aromatic nitrogens is 2. The predicted molar refractivity (Wildman–Crippen MR) is 135 cm³/mol. The van der Waals surface area contributed by atoms with Crippen molar-refractivity contribution in [1.29, 1.82) is 0 Å². The van der Waals surface area contributed by atoms with Gasteiger partial charge in [0, 0.05) is 5.56 Å². The topological polar surface area (TPSA) is 96.7 Å². The van der Waals surface area contributed by atoms with Gasteiger partial charge in [-0.15, -0.1) is 0 Å². The zero-order valence-electron chi connectivity index (χ0n) is 20.1. The molecule has 0 bridgehead atoms. The largest absolute Gasteiger partial charge is 0.497 e. The number of halogens is 1. The first kappa shape index (κ1) is 23.8. The van der Waals surface area contributed by atoms with Gasteiger partial charge < -0.3 is 15.2 Å². The Hall–Kier alpha value is -4.92. The van der Waals surface area contributed by atoms with E-state index in [1.165, 1.54) is 29.0 Å². The molecule has 4 aromatic rings. The van der Waals surface area contributed by atoms with Crippen molar-refractivity contribution in [3.05, 3.63) is 101 Å². The van der Waals surface area contributed by atoms with E-state index in [9.17, 15) is 19.1 Å². The van der Waals surface area contributed by atoms with Crippen LogP contribution in [0.2, 0.25) is 0 Å². The second kappa shape index (κ2) is 9.62. The molecule has 0 radical (unpaired) electrons. The summed E-state index contributed by atoms with van der Waals surface area (Å²) >= 11 is 0. The van der Waals surface area contributed by atoms with Crippen molar-refractivity contribution in [3.63, 3.8) is 0 Å². The fourth-order valence-corrected chi connectivity index (χ4v) is 4.08. The van der Waals surface area contributed by atoms with Crippen molar-refractivity contribution in [3.8, 4) is 28.6 Å². The minimum absolute atomic E-state index is 0.0377. The molecule has 9 heteroatoms. The summed E-state index contributed by atoms with van der Waals surface area (Å²) in [4.78, 5) is 26.7. The Morgan fingerprint density at radius 2 is 1.81 bits per heavy atom. The molecule has 1 fully saturated rings. The van der Waals surface area contributed by atoms with Crippen LogP contribution < -0.4 is 10.1 Å². The highest BCUT2D eigenvalue weighted by atomic mass is 19.1. The molecule has 1 aromatic heterocycles. The molecule has 0 aliphatic carbocycles. The Labute approximate surface area is 212 Å². The van der Waals surface area contributed by atoms with Crippen molar-refractivity contribution in [2.24, 2.45) is 0 Å². The highest BCUT2D eigenvalue weighted by molar-refractivity contribution is 6.14. The van der Waals surface area contributed by atoms with Crippen LogP contribution >= 0.6 is 0 Å². The maximum Gasteiger partial charge on any atom is 0.329 e. The maximum absolute atomic E-state index is 13.6. The number of ether oxygens (including phenoxy) is 1. The first-order valence-electron chi connectivity index (χ1n) is 11.5. The number of nitrogens with one attached hydrogen (secondary N) is 1. The molecule has 37 heavy (non-hydrogen) atoms. The molecule has 1 aliphatic heterocycles. The number of carbonyl (C=O) groups is 2. The van der Waals surface area contributed by atoms with Gasteiger partial charge in [0.05, 0.1) is 24.9 Å². The van der Waals surface area contributed by atoms with Crippen molar-refractivity contribution in [2.75, 3.05) is 7.11 Å². The first-order chi connectivity index (χ1) is 17.8. The number of imide groups is 1. The van der Waals surface area contributed by atoms with Crippen LogP contribution in [0.5, 0.6) is 11.6 Å². The van der Waals surface area contributed by atoms with E-state index in [-0.39, 0.29) is 23.7 Å². The molecule has 8 nitrogen and oxygen atoms in total. The number of aryl methyl sites for hydroxylation is 1. The summed E-state index contributed by atoms with van der Waals surface area (Å²) in [7, 11) is 1.55. The molecule has 186 valence electrons. The van der Waals surface area contributed by atoms with Gasteiger partial charge in [-0.2, -0.15) is 5.10 Å². The molecule has 0 saturated carbocycles. The summed E-state index contributed by atoms with van der Waals surface area (Å²) in [6.07, 6.45) is 1.40. The molecule has 0 spiro atoms. The number of aromatic hydroxyl groups is 1. The molecule has 2 heterocycles. The molecule has 3 aromatic carbocycles. The van der Waals surface area contributed by atoms with Crippen LogP contribution in [0.3, 0.4) is 0 Å². The summed E-state index contributed by atoms with van der Waals surface area (Å²) in [6, 6.07) is 19.6. The molecule has 0 atom stereocenters. The van der Waals surface area contributed by atoms with Crippen LogP contribution in [0.4, 0.5) is 9.18 Å². The second-order valence-electron chi connectivity index (χ2n) is 8.57. The lowest BCUT2D eigenvalue weighted by Gasteiger charge is -2.11. The van der Waals surface area contributed by atoms with E-state index >= 15 is 0 Å². The van der Waals surface area contributed by atoms with Crippen molar-refractivity contribution in [1.82, 2.24) is 20.0 Å². The number of hydrogen-bond donors (Lipinski definition) is 2. The molecule has 1 saturated heterocycles. The predicted octanol–water partition coefficient (Wildman–Crippen LogP) is 4.79. The van der Waals surface area contributed by atoms with Gasteiger partial charge in [-0.1, -0.05) is 42.0 Å². The van der Waals surface area contributed by atoms with E-state index in [1.54, 1.807) is 37.4 Å². The molecule has 3 amide bonds. The zero-order chi connectivity index (χ0) is 26.1. The summed E-state index contributed by atoms with van der Waals surface area (Å²) in [5, 5.41) is 18.4. The van der Waals surface area contributed by atoms with Gasteiger partial charge >= 0.3 is 6.03 Å². The minimum Gasteiger partial charge on any atom is -0.497 e. The molecular weight excluding hydrogens is 475 g/mol. The van der Waals surface area contributed by atoms with Crippen molar-refractivity contribution < 1.29 is 23.8 Å². The smallest absolute Gasteiger partial charge is 0.329 e. The molecule has 0 unspecified atom stereocenters. The van der Waals surface area contributed by atoms with Gasteiger partial charge in [0.2, 0.25) is 5.88 Å². The Morgan fingerprint density at radius 1 is 1.05 bits per heavy atom. The lowest BCUT2D eigenvalue weighted by molar-refractivity contribution is -0.123. The Kier molecular flexibility index (Phi) is 6.19. The van der Waals surface area contributed by atoms with Crippen LogP contribution in [0.15, 0.2) is 78.5 Å². The fourth-order valence-electron chi connectivity index (χ4n) is 4.08. The van der Waals surface area contributed by atoms with E-state index < -0.39 is 17.8 Å². The van der Waals surface area contributed by atoms with E-state index in [4.69, 9.17) is 4.74 Å². The van der Waals surface area contributed by atoms with Crippen molar-refractivity contribution in [2.45, 2.75) is 13.5 Å². The summed E-state index contributed by atoms with van der Waals surface area (Å²) in [6.45, 7) is 1.85. The van der Waals surface area contributed by atoms with E-state index in [2.05, 4.69) is 10.4 Å². The van der Waals surface area contributed by atoms with Crippen LogP contribution in [0, 0.1) is 12.7 Å². The summed E-state index contributed by atoms with van der Waals surface area (Å²) in [5.41, 5.74) is 3.36. The van der Waals surface area contributed by atoms with Gasteiger partial charge in [0.15, 0.2) is 0 Å². The second-order valence-corrected chi connectivity index (χ2v) is 8.57. The van der Waals surface area contributed by atoms with Gasteiger partial charge in [-0.3, -0.25) is 9.69 Å². The van der Waals surface area contributed by atoms with E-state index in [1.807, 2.05) is 31.2 Å². The summed E-state index contributed by atoms with van der Waals surface area (Å²) < 4.78 is 20.3. The van der Waals surface area contributed by atoms with E-state index in [0.717, 1.165) is 10.5 Å². The SMILES string of the molecule is COc1cccc(-c2nn(-c3ccc(C)cc3)c(O)c2/C=C2\NC(=O)N(Cc3cccc(F)c3)C2=O)c1. The van der Waals surface area contributed by atoms with Gasteiger partial charge in [0.1, 0.15) is 23.0 Å². The number of hydrogen-bond acceptors (Lipinski definition) is 5. The number of urea groups is 1. The molecular formula is C28H23FN4O4. The van der Waals surface area contributed by atoms with E-state index in [0.29, 0.717) is 28.3 Å². The molecule has 5 rings (SSSR count). The highest BCUT2D eigenvalue weighted by Gasteiger charge is 2.34. The number of carbonyl (C=O) groups excluding carboxylic acids is 2. The normalized spacial score (nSPS) is 14.4. The summed E-state index contributed by atoms with van der Waals surface area (Å²) in [5.74, 6) is -0.683. The maximum atomic E-state index is 13.6. The van der Waals surface area contributed by atoms with Crippen LogP contribution in [-0.2, 0) is 11.3 Å². The van der Waals surface area contributed by atoms with Crippen LogP contribution in [0.25, 0.3) is 23.0 Å². The third-order valence-corrected chi connectivity index (χ3v) is 6.00. The third kappa shape index (κ3) is 4.66. The van der Waals surface area contributed by atoms with Gasteiger partial charge in [-0.25, -0.2) is 13.9 Å². The number of benzene rings is 3. The third-order valence-electron chi connectivity index (χ3n) is 6.00. The van der Waals surface area contributed by atoms with Crippen LogP contribution in [-0.4, -0.2) is 38.8 Å². The minimum atomic E-state index is -0.645. The Morgan fingerprint density at radius 3 is 2.54 bits per heavy atom. The molecule has 1 aliphatic rings. The standard InChI is InChI=1S/C28H23FN4O4/c1-17-9-11-21(12-10-17)33-26(34)23(25(31-33)19-6-4-8-22(14-19)37-2)15-24-27(35)32(28(36)30-24)16-18-5-3-7-20(29)13-18/h3-15,34H,16H2,1-2H3,(H,30,36)/b24-15-. The monoisotopic (exact) mass is 498 g/mol. The van der Waals surface area contributed by atoms with Crippen LogP contribution in [0.1, 0.15) is 16.7 Å². The average Bonchev–Trinajstić information content (AvgIpc) is 3.35. The van der Waals surface area contributed by atoms with Gasteiger partial charge in [0.25, 0.3) is 5.91 Å². The highest BCUT2D eigenvalue weighted by Crippen LogP contribution is 2.35. The Bertz CT molecular complexity index is 1540.